The van der Waals surface area contributed by atoms with Gasteiger partial charge in [0.05, 0.1) is 13.7 Å². The van der Waals surface area contributed by atoms with Crippen LogP contribution in [0.2, 0.25) is 0 Å². The van der Waals surface area contributed by atoms with Gasteiger partial charge in [-0.1, -0.05) is 12.1 Å². The van der Waals surface area contributed by atoms with Crippen molar-refractivity contribution in [3.63, 3.8) is 0 Å². The standard InChI is InChI=1S/C13H21NO3/c1-10-7-11(3-4-13(10)17-2)8-14-12(9-16)5-6-15/h3-4,7,12,14-16H,5-6,8-9H2,1-2H3. The summed E-state index contributed by atoms with van der Waals surface area (Å²) in [6, 6.07) is 5.93. The number of ether oxygens (including phenoxy) is 1. The summed E-state index contributed by atoms with van der Waals surface area (Å²) in [6.07, 6.45) is 0.561. The Labute approximate surface area is 102 Å². The number of rotatable bonds is 7. The molecule has 0 spiro atoms. The topological polar surface area (TPSA) is 61.7 Å². The van der Waals surface area contributed by atoms with E-state index >= 15 is 0 Å². The zero-order valence-corrected chi connectivity index (χ0v) is 10.4. The van der Waals surface area contributed by atoms with E-state index in [1.807, 2.05) is 19.1 Å². The number of benzene rings is 1. The Morgan fingerprint density at radius 1 is 1.35 bits per heavy atom. The van der Waals surface area contributed by atoms with Gasteiger partial charge in [0.15, 0.2) is 0 Å². The van der Waals surface area contributed by atoms with E-state index in [-0.39, 0.29) is 19.3 Å². The quantitative estimate of drug-likeness (QED) is 0.660. The third-order valence-corrected chi connectivity index (χ3v) is 2.75. The first-order valence-electron chi connectivity index (χ1n) is 5.80. The molecule has 0 heterocycles. The van der Waals surface area contributed by atoms with E-state index in [1.54, 1.807) is 7.11 Å². The molecule has 0 aromatic heterocycles. The molecule has 0 bridgehead atoms. The van der Waals surface area contributed by atoms with Gasteiger partial charge >= 0.3 is 0 Å². The van der Waals surface area contributed by atoms with Crippen LogP contribution in [0.5, 0.6) is 5.75 Å². The molecule has 0 radical (unpaired) electrons. The maximum Gasteiger partial charge on any atom is 0.121 e. The van der Waals surface area contributed by atoms with Gasteiger partial charge in [-0.2, -0.15) is 0 Å². The Balaban J connectivity index is 2.54. The van der Waals surface area contributed by atoms with Crippen LogP contribution in [0.1, 0.15) is 17.5 Å². The van der Waals surface area contributed by atoms with Crippen LogP contribution in [-0.4, -0.2) is 36.6 Å². The van der Waals surface area contributed by atoms with Gasteiger partial charge in [0.25, 0.3) is 0 Å². The second-order valence-corrected chi connectivity index (χ2v) is 4.08. The summed E-state index contributed by atoms with van der Waals surface area (Å²) in [5.74, 6) is 0.878. The Bertz CT molecular complexity index is 341. The first-order valence-corrected chi connectivity index (χ1v) is 5.80. The van der Waals surface area contributed by atoms with Crippen molar-refractivity contribution in [3.8, 4) is 5.75 Å². The van der Waals surface area contributed by atoms with Gasteiger partial charge in [0, 0.05) is 19.2 Å². The minimum atomic E-state index is -0.0533. The lowest BCUT2D eigenvalue weighted by atomic mass is 10.1. The molecule has 4 nitrogen and oxygen atoms in total. The number of aryl methyl sites for hydroxylation is 1. The summed E-state index contributed by atoms with van der Waals surface area (Å²) >= 11 is 0. The summed E-state index contributed by atoms with van der Waals surface area (Å²) in [7, 11) is 1.66. The highest BCUT2D eigenvalue weighted by molar-refractivity contribution is 5.36. The van der Waals surface area contributed by atoms with Crippen molar-refractivity contribution < 1.29 is 14.9 Å². The first kappa shape index (κ1) is 14.0. The Kier molecular flexibility index (Phi) is 5.97. The highest BCUT2D eigenvalue weighted by Gasteiger charge is 2.06. The Morgan fingerprint density at radius 2 is 2.12 bits per heavy atom. The smallest absolute Gasteiger partial charge is 0.121 e. The van der Waals surface area contributed by atoms with E-state index in [9.17, 15) is 0 Å². The maximum atomic E-state index is 9.08. The fourth-order valence-electron chi connectivity index (χ4n) is 1.73. The molecule has 0 aliphatic rings. The molecule has 3 N–H and O–H groups in total. The molecular weight excluding hydrogens is 218 g/mol. The molecule has 1 rings (SSSR count). The van der Waals surface area contributed by atoms with Gasteiger partial charge in [-0.25, -0.2) is 0 Å². The Hall–Kier alpha value is -1.10. The average Bonchev–Trinajstić information content (AvgIpc) is 2.34. The monoisotopic (exact) mass is 239 g/mol. The van der Waals surface area contributed by atoms with E-state index in [2.05, 4.69) is 11.4 Å². The summed E-state index contributed by atoms with van der Waals surface area (Å²) in [5.41, 5.74) is 2.23. The zero-order chi connectivity index (χ0) is 12.7. The van der Waals surface area contributed by atoms with Crippen molar-refractivity contribution in [3.05, 3.63) is 29.3 Å². The third kappa shape index (κ3) is 4.34. The fourth-order valence-corrected chi connectivity index (χ4v) is 1.73. The van der Waals surface area contributed by atoms with Crippen molar-refractivity contribution >= 4 is 0 Å². The molecule has 17 heavy (non-hydrogen) atoms. The molecule has 0 saturated carbocycles. The molecule has 0 aliphatic heterocycles. The van der Waals surface area contributed by atoms with Crippen LogP contribution in [0.25, 0.3) is 0 Å². The number of hydrogen-bond donors (Lipinski definition) is 3. The Morgan fingerprint density at radius 3 is 2.65 bits per heavy atom. The second-order valence-electron chi connectivity index (χ2n) is 4.08. The SMILES string of the molecule is COc1ccc(CNC(CO)CCO)cc1C. The highest BCUT2D eigenvalue weighted by Crippen LogP contribution is 2.18. The van der Waals surface area contributed by atoms with E-state index in [4.69, 9.17) is 14.9 Å². The number of aliphatic hydroxyl groups excluding tert-OH is 2. The van der Waals surface area contributed by atoms with E-state index in [1.165, 1.54) is 0 Å². The minimum Gasteiger partial charge on any atom is -0.496 e. The van der Waals surface area contributed by atoms with Crippen LogP contribution < -0.4 is 10.1 Å². The zero-order valence-electron chi connectivity index (χ0n) is 10.4. The first-order chi connectivity index (χ1) is 8.21. The summed E-state index contributed by atoms with van der Waals surface area (Å²) in [4.78, 5) is 0. The molecule has 1 aromatic rings. The summed E-state index contributed by atoms with van der Waals surface area (Å²) in [6.45, 7) is 2.80. The predicted octanol–water partition coefficient (Wildman–Crippen LogP) is 0.837. The third-order valence-electron chi connectivity index (χ3n) is 2.75. The van der Waals surface area contributed by atoms with Gasteiger partial charge in [-0.05, 0) is 30.5 Å². The van der Waals surface area contributed by atoms with Gasteiger partial charge in [-0.15, -0.1) is 0 Å². The lowest BCUT2D eigenvalue weighted by molar-refractivity contribution is 0.200. The molecule has 96 valence electrons. The van der Waals surface area contributed by atoms with Crippen molar-refractivity contribution in [2.45, 2.75) is 25.9 Å². The van der Waals surface area contributed by atoms with Crippen molar-refractivity contribution in [1.29, 1.82) is 0 Å². The van der Waals surface area contributed by atoms with E-state index in [0.29, 0.717) is 13.0 Å². The van der Waals surface area contributed by atoms with Crippen molar-refractivity contribution in [1.82, 2.24) is 5.32 Å². The second kappa shape index (κ2) is 7.27. The van der Waals surface area contributed by atoms with Gasteiger partial charge in [0.2, 0.25) is 0 Å². The summed E-state index contributed by atoms with van der Waals surface area (Å²) < 4.78 is 5.19. The lowest BCUT2D eigenvalue weighted by Crippen LogP contribution is -2.32. The molecule has 1 atom stereocenters. The molecule has 0 aliphatic carbocycles. The predicted molar refractivity (Wildman–Crippen MR) is 67.1 cm³/mol. The van der Waals surface area contributed by atoms with E-state index < -0.39 is 0 Å². The lowest BCUT2D eigenvalue weighted by Gasteiger charge is -2.15. The summed E-state index contributed by atoms with van der Waals surface area (Å²) in [5, 5.41) is 21.1. The minimum absolute atomic E-state index is 0.0374. The molecule has 0 fully saturated rings. The largest absolute Gasteiger partial charge is 0.496 e. The number of hydrogen-bond acceptors (Lipinski definition) is 4. The van der Waals surface area contributed by atoms with Crippen LogP contribution in [0.3, 0.4) is 0 Å². The highest BCUT2D eigenvalue weighted by atomic mass is 16.5. The molecule has 0 amide bonds. The van der Waals surface area contributed by atoms with Gasteiger partial charge in [0.1, 0.15) is 5.75 Å². The number of methoxy groups -OCH3 is 1. The molecular formula is C13H21NO3. The maximum absolute atomic E-state index is 9.08. The van der Waals surface area contributed by atoms with Crippen LogP contribution >= 0.6 is 0 Å². The van der Waals surface area contributed by atoms with Crippen molar-refractivity contribution in [2.24, 2.45) is 0 Å². The van der Waals surface area contributed by atoms with Crippen LogP contribution in [0.15, 0.2) is 18.2 Å². The van der Waals surface area contributed by atoms with E-state index in [0.717, 1.165) is 16.9 Å². The molecule has 4 heteroatoms. The van der Waals surface area contributed by atoms with Crippen LogP contribution in [0.4, 0.5) is 0 Å². The van der Waals surface area contributed by atoms with Gasteiger partial charge in [-0.3, -0.25) is 0 Å². The van der Waals surface area contributed by atoms with Crippen molar-refractivity contribution in [2.75, 3.05) is 20.3 Å². The number of nitrogens with one attached hydrogen (secondary N) is 1. The number of aliphatic hydroxyl groups is 2. The normalized spacial score (nSPS) is 12.5. The average molecular weight is 239 g/mol. The molecule has 1 aromatic carbocycles. The molecule has 1 unspecified atom stereocenters. The van der Waals surface area contributed by atoms with Gasteiger partial charge < -0.3 is 20.3 Å². The van der Waals surface area contributed by atoms with Crippen LogP contribution in [0, 0.1) is 6.92 Å². The fraction of sp³-hybridized carbons (Fsp3) is 0.538. The van der Waals surface area contributed by atoms with Crippen LogP contribution in [-0.2, 0) is 6.54 Å². The molecule has 0 saturated heterocycles.